The second-order valence-electron chi connectivity index (χ2n) is 10.4. The van der Waals surface area contributed by atoms with Crippen LogP contribution >= 0.6 is 0 Å². The van der Waals surface area contributed by atoms with Crippen LogP contribution in [0.2, 0.25) is 0 Å². The van der Waals surface area contributed by atoms with Crippen molar-refractivity contribution >= 4 is 52.9 Å². The number of anilines is 2. The summed E-state index contributed by atoms with van der Waals surface area (Å²) in [7, 11) is 3.11. The van der Waals surface area contributed by atoms with Gasteiger partial charge in [0.2, 0.25) is 23.6 Å². The average Bonchev–Trinajstić information content (AvgIpc) is 3.66. The molecule has 0 radical (unpaired) electrons. The van der Waals surface area contributed by atoms with Crippen molar-refractivity contribution in [1.82, 2.24) is 4.90 Å². The molecule has 0 aromatic heterocycles. The van der Waals surface area contributed by atoms with Gasteiger partial charge in [-0.3, -0.25) is 33.7 Å². The van der Waals surface area contributed by atoms with E-state index in [1.165, 1.54) is 24.3 Å². The molecular weight excluding hydrogens is 550 g/mol. The van der Waals surface area contributed by atoms with E-state index >= 15 is 0 Å². The first-order valence-corrected chi connectivity index (χ1v) is 13.1. The SMILES string of the molecule is COC(=O)[C@@H]1[C@@H]2C(=O)N(c3ccccc3)C(=O)[C@@H]2C2(C(=O)OC)[C@H]3C(=O)N(c4ccccc4)C(=O)[C@H]3[C@@H](C(=O)OC)N12. The number of para-hydroxylation sites is 2. The Hall–Kier alpha value is -4.91. The number of amides is 4. The lowest BCUT2D eigenvalue weighted by molar-refractivity contribution is -0.168. The predicted molar refractivity (Wildman–Crippen MR) is 140 cm³/mol. The molecule has 0 N–H and O–H groups in total. The number of hydrogen-bond donors (Lipinski definition) is 0. The van der Waals surface area contributed by atoms with Crippen molar-refractivity contribution in [2.45, 2.75) is 17.6 Å². The number of hydrogen-bond acceptors (Lipinski definition) is 11. The number of imide groups is 2. The van der Waals surface area contributed by atoms with Crippen LogP contribution in [-0.2, 0) is 47.8 Å². The Balaban J connectivity index is 1.64. The molecule has 4 saturated heterocycles. The van der Waals surface area contributed by atoms with E-state index in [0.717, 1.165) is 36.0 Å². The van der Waals surface area contributed by atoms with Crippen molar-refractivity contribution in [2.75, 3.05) is 31.1 Å². The van der Waals surface area contributed by atoms with E-state index in [1.807, 2.05) is 0 Å². The maximum Gasteiger partial charge on any atom is 0.328 e. The highest BCUT2D eigenvalue weighted by molar-refractivity contribution is 6.29. The Morgan fingerprint density at radius 2 is 0.976 bits per heavy atom. The lowest BCUT2D eigenvalue weighted by Gasteiger charge is -2.39. The summed E-state index contributed by atoms with van der Waals surface area (Å²) in [5, 5.41) is 0. The molecular formula is C29H25N3O10. The van der Waals surface area contributed by atoms with Gasteiger partial charge in [-0.2, -0.15) is 0 Å². The molecule has 2 aromatic carbocycles. The largest absolute Gasteiger partial charge is 0.468 e. The summed E-state index contributed by atoms with van der Waals surface area (Å²) < 4.78 is 15.2. The number of carbonyl (C=O) groups excluding carboxylic acids is 7. The molecule has 6 rings (SSSR count). The van der Waals surface area contributed by atoms with Crippen LogP contribution in [0.15, 0.2) is 60.7 Å². The number of benzene rings is 2. The summed E-state index contributed by atoms with van der Waals surface area (Å²) in [5.74, 6) is -13.1. The van der Waals surface area contributed by atoms with Crippen molar-refractivity contribution in [3.63, 3.8) is 0 Å². The third kappa shape index (κ3) is 3.19. The molecule has 216 valence electrons. The third-order valence-corrected chi connectivity index (χ3v) is 8.78. The highest BCUT2D eigenvalue weighted by Crippen LogP contribution is 2.63. The van der Waals surface area contributed by atoms with Crippen LogP contribution in [-0.4, -0.2) is 85.4 Å². The smallest absolute Gasteiger partial charge is 0.328 e. The maximum atomic E-state index is 14.3. The topological polar surface area (TPSA) is 157 Å². The van der Waals surface area contributed by atoms with Crippen LogP contribution < -0.4 is 9.80 Å². The Morgan fingerprint density at radius 1 is 0.595 bits per heavy atom. The highest BCUT2D eigenvalue weighted by Gasteiger charge is 2.86. The summed E-state index contributed by atoms with van der Waals surface area (Å²) >= 11 is 0. The Kier molecular flexibility index (Phi) is 6.22. The van der Waals surface area contributed by atoms with E-state index in [1.54, 1.807) is 36.4 Å². The van der Waals surface area contributed by atoms with Gasteiger partial charge in [0.25, 0.3) is 0 Å². The minimum Gasteiger partial charge on any atom is -0.468 e. The van der Waals surface area contributed by atoms with Gasteiger partial charge in [0, 0.05) is 0 Å². The highest BCUT2D eigenvalue weighted by atomic mass is 16.5. The maximum absolute atomic E-state index is 14.3. The van der Waals surface area contributed by atoms with Crippen LogP contribution in [0.3, 0.4) is 0 Å². The number of rotatable bonds is 5. The van der Waals surface area contributed by atoms with Gasteiger partial charge in [0.05, 0.1) is 56.4 Å². The molecule has 4 aliphatic heterocycles. The number of carbonyl (C=O) groups is 7. The first kappa shape index (κ1) is 27.3. The zero-order valence-electron chi connectivity index (χ0n) is 22.7. The molecule has 0 bridgehead atoms. The molecule has 4 heterocycles. The minimum atomic E-state index is -2.41. The van der Waals surface area contributed by atoms with Gasteiger partial charge < -0.3 is 14.2 Å². The average molecular weight is 576 g/mol. The third-order valence-electron chi connectivity index (χ3n) is 8.78. The van der Waals surface area contributed by atoms with Crippen LogP contribution in [0.5, 0.6) is 0 Å². The van der Waals surface area contributed by atoms with E-state index < -0.39 is 82.8 Å². The Morgan fingerprint density at radius 3 is 1.31 bits per heavy atom. The standard InChI is InChI=1S/C29H25N3O10/c1-40-26(37)20-16-18(24(35)30(22(16)33)14-10-6-4-7-11-14)29(28(39)42-3)19-17(21(32(20)29)27(38)41-2)23(34)31(25(19)36)15-12-8-5-9-13-15/h4-13,16-21H,1-3H3/t16-,17-,18-,19-,20+,21+/m1/s1. The molecule has 13 heteroatoms. The molecule has 13 nitrogen and oxygen atoms in total. The number of esters is 3. The number of fused-ring (bicyclic) bond motifs is 5. The normalized spacial score (nSPS) is 29.3. The lowest BCUT2D eigenvalue weighted by atomic mass is 9.70. The van der Waals surface area contributed by atoms with Gasteiger partial charge in [0.1, 0.15) is 17.6 Å². The molecule has 0 aliphatic carbocycles. The van der Waals surface area contributed by atoms with Crippen LogP contribution in [0.4, 0.5) is 11.4 Å². The zero-order valence-corrected chi connectivity index (χ0v) is 22.7. The second-order valence-corrected chi connectivity index (χ2v) is 10.4. The van der Waals surface area contributed by atoms with Crippen LogP contribution in [0.1, 0.15) is 0 Å². The van der Waals surface area contributed by atoms with E-state index in [4.69, 9.17) is 14.2 Å². The molecule has 0 unspecified atom stereocenters. The van der Waals surface area contributed by atoms with Crippen LogP contribution in [0.25, 0.3) is 0 Å². The van der Waals surface area contributed by atoms with Crippen molar-refractivity contribution in [2.24, 2.45) is 23.7 Å². The monoisotopic (exact) mass is 575 g/mol. The predicted octanol–water partition coefficient (Wildman–Crippen LogP) is -0.0778. The second kappa shape index (κ2) is 9.58. The van der Waals surface area contributed by atoms with Crippen molar-refractivity contribution in [3.8, 4) is 0 Å². The fraction of sp³-hybridized carbons (Fsp3) is 0.345. The lowest BCUT2D eigenvalue weighted by Crippen LogP contribution is -2.64. The first-order valence-electron chi connectivity index (χ1n) is 13.1. The summed E-state index contributed by atoms with van der Waals surface area (Å²) in [4.78, 5) is 100. The summed E-state index contributed by atoms with van der Waals surface area (Å²) in [6.45, 7) is 0. The summed E-state index contributed by atoms with van der Waals surface area (Å²) in [6, 6.07) is 12.3. The van der Waals surface area contributed by atoms with Gasteiger partial charge in [0.15, 0.2) is 0 Å². The molecule has 0 spiro atoms. The van der Waals surface area contributed by atoms with E-state index in [-0.39, 0.29) is 11.4 Å². The molecule has 4 aliphatic rings. The Bertz CT molecular complexity index is 1440. The minimum absolute atomic E-state index is 0.177. The molecule has 4 fully saturated rings. The number of nitrogens with zero attached hydrogens (tertiary/aromatic N) is 3. The van der Waals surface area contributed by atoms with Crippen molar-refractivity contribution < 1.29 is 47.8 Å². The fourth-order valence-corrected chi connectivity index (χ4v) is 7.39. The van der Waals surface area contributed by atoms with Crippen LogP contribution in [0, 0.1) is 23.7 Å². The van der Waals surface area contributed by atoms with Gasteiger partial charge >= 0.3 is 17.9 Å². The molecule has 6 atom stereocenters. The summed E-state index contributed by atoms with van der Waals surface area (Å²) in [6.07, 6.45) is 0. The van der Waals surface area contributed by atoms with Gasteiger partial charge in [-0.15, -0.1) is 0 Å². The molecule has 42 heavy (non-hydrogen) atoms. The van der Waals surface area contributed by atoms with Gasteiger partial charge in [-0.1, -0.05) is 36.4 Å². The molecule has 0 saturated carbocycles. The zero-order chi connectivity index (χ0) is 30.1. The molecule has 4 amide bonds. The first-order chi connectivity index (χ1) is 20.2. The van der Waals surface area contributed by atoms with E-state index in [0.29, 0.717) is 0 Å². The fourth-order valence-electron chi connectivity index (χ4n) is 7.39. The Labute approximate surface area is 238 Å². The van der Waals surface area contributed by atoms with Crippen molar-refractivity contribution in [1.29, 1.82) is 0 Å². The van der Waals surface area contributed by atoms with E-state index in [9.17, 15) is 33.6 Å². The molecule has 2 aromatic rings. The number of ether oxygens (including phenoxy) is 3. The van der Waals surface area contributed by atoms with Crippen molar-refractivity contribution in [3.05, 3.63) is 60.7 Å². The quantitative estimate of drug-likeness (QED) is 0.267. The summed E-state index contributed by atoms with van der Waals surface area (Å²) in [5.41, 5.74) is -2.05. The van der Waals surface area contributed by atoms with Gasteiger partial charge in [-0.05, 0) is 24.3 Å². The van der Waals surface area contributed by atoms with E-state index in [2.05, 4.69) is 0 Å². The number of methoxy groups -OCH3 is 3. The van der Waals surface area contributed by atoms with Gasteiger partial charge in [-0.25, -0.2) is 14.6 Å².